The average Bonchev–Trinajstić information content (AvgIpc) is 1.32. The molecule has 0 aliphatic heterocycles. The van der Waals surface area contributed by atoms with E-state index >= 15 is 0 Å². The zero-order valence-electron chi connectivity index (χ0n) is 66.6. The molecule has 9 atom stereocenters. The lowest BCUT2D eigenvalue weighted by Crippen LogP contribution is -2.51. The van der Waals surface area contributed by atoms with Gasteiger partial charge in [-0.3, -0.25) is 9.59 Å². The van der Waals surface area contributed by atoms with Crippen LogP contribution in [0.5, 0.6) is 0 Å². The van der Waals surface area contributed by atoms with E-state index < -0.39 is 11.9 Å². The number of aldehydes is 1. The first kappa shape index (κ1) is 94.7. The molecule has 27 nitrogen and oxygen atoms in total. The van der Waals surface area contributed by atoms with Gasteiger partial charge in [0.2, 0.25) is 11.8 Å². The molecule has 3 amide bonds. The zero-order valence-corrected chi connectivity index (χ0v) is 66.6. The fourth-order valence-electron chi connectivity index (χ4n) is 15.0. The molecular formula is C81H140N3O24. The number of alkyl carbamates (subject to hydrolysis) is 1. The van der Waals surface area contributed by atoms with E-state index in [2.05, 4.69) is 56.6 Å². The minimum Gasteiger partial charge on any atom is -0.446 e. The van der Waals surface area contributed by atoms with Gasteiger partial charge < -0.3 is 110 Å². The Morgan fingerprint density at radius 2 is 0.852 bits per heavy atom. The molecule has 1 radical (unpaired) electrons. The van der Waals surface area contributed by atoms with Gasteiger partial charge in [-0.1, -0.05) is 95.9 Å². The van der Waals surface area contributed by atoms with Gasteiger partial charge in [0.1, 0.15) is 18.4 Å². The van der Waals surface area contributed by atoms with Crippen molar-refractivity contribution in [1.29, 1.82) is 0 Å². The third-order valence-corrected chi connectivity index (χ3v) is 20.6. The molecule has 0 heterocycles. The number of rotatable bonds is 73. The number of nitrogens with one attached hydrogen (secondary N) is 2. The van der Waals surface area contributed by atoms with Crippen LogP contribution in [0.15, 0.2) is 42.0 Å². The molecule has 1 aromatic carbocycles. The first-order chi connectivity index (χ1) is 52.9. The maximum atomic E-state index is 12.8. The van der Waals surface area contributed by atoms with Crippen LogP contribution in [0.2, 0.25) is 0 Å². The Morgan fingerprint density at radius 1 is 0.463 bits per heavy atom. The van der Waals surface area contributed by atoms with Gasteiger partial charge in [0.15, 0.2) is 0 Å². The molecule has 0 spiro atoms. The van der Waals surface area contributed by atoms with Crippen LogP contribution < -0.4 is 16.0 Å². The van der Waals surface area contributed by atoms with Crippen molar-refractivity contribution < 1.29 is 114 Å². The molecule has 5 rings (SSSR count). The van der Waals surface area contributed by atoms with E-state index in [1.54, 1.807) is 5.57 Å². The van der Waals surface area contributed by atoms with Crippen LogP contribution in [-0.2, 0) is 116 Å². The SMILES string of the molecule is CC(C)CCC[C@@H](C)[C@H]1CCC2C3CC=C4C[C@@H](OC(=O)NCCOCCOCCOCCOCCOCCOCCOCCOCCOCCOCCOCCOCCOCCOCCOCCOCCOCCOCCOCCNC(=O)CCC(=O)[N][C@H](C=O)Cc5ccccc5)CC[C@]4(C)C3CC[C@@]21C. The molecule has 3 unspecified atom stereocenters. The van der Waals surface area contributed by atoms with Crippen LogP contribution in [0.4, 0.5) is 4.79 Å². The molecule has 2 N–H and O–H groups in total. The Kier molecular flexibility index (Phi) is 54.8. The minimum atomic E-state index is -0.761. The van der Waals surface area contributed by atoms with Crippen molar-refractivity contribution in [2.45, 2.75) is 137 Å². The molecule has 0 aromatic heterocycles. The van der Waals surface area contributed by atoms with Gasteiger partial charge in [-0.15, -0.1) is 0 Å². The summed E-state index contributed by atoms with van der Waals surface area (Å²) < 4.78 is 111. The number of nitrogens with zero attached hydrogens (tertiary/aromatic N) is 1. The number of ether oxygens (including phenoxy) is 20. The standard InChI is InChI=1S/C81H140N3O24/c1-67(2)10-9-11-68(3)74-16-17-75-73-15-14-70-65-72(20-22-80(70,4)76(73)21-23-81(74,75)5)108-79(88)83-25-27-90-29-31-92-33-35-94-37-39-96-41-43-98-45-47-100-49-51-102-53-55-104-57-59-106-61-63-107-62-60-105-58-56-103-54-52-101-50-48-99-46-44-97-42-40-95-38-36-93-34-32-91-30-28-89-26-24-82-77(86)18-19-78(87)84-71(66-85)64-69-12-7-6-8-13-69/h6-8,12-14,66-68,71-76H,9-11,15-65H2,1-5H3,(H,82,86)(H,83,88)/t68-,71+,72+,73?,74-,75?,76?,80+,81-/m1/s1. The highest BCUT2D eigenvalue weighted by molar-refractivity contribution is 5.85. The third kappa shape index (κ3) is 43.4. The van der Waals surface area contributed by atoms with E-state index in [9.17, 15) is 19.2 Å². The molecule has 4 aliphatic rings. The summed E-state index contributed by atoms with van der Waals surface area (Å²) in [5, 5.41) is 9.51. The summed E-state index contributed by atoms with van der Waals surface area (Å²) in [6.45, 7) is 30.4. The molecule has 3 saturated carbocycles. The third-order valence-electron chi connectivity index (χ3n) is 20.6. The highest BCUT2D eigenvalue weighted by Gasteiger charge is 2.59. The monoisotopic (exact) mass is 1540 g/mol. The van der Waals surface area contributed by atoms with Gasteiger partial charge in [-0.25, -0.2) is 10.1 Å². The predicted octanol–water partition coefficient (Wildman–Crippen LogP) is 8.28. The lowest BCUT2D eigenvalue weighted by atomic mass is 9.47. The largest absolute Gasteiger partial charge is 0.446 e. The molecule has 4 aliphatic carbocycles. The van der Waals surface area contributed by atoms with E-state index in [0.29, 0.717) is 282 Å². The van der Waals surface area contributed by atoms with E-state index in [-0.39, 0.29) is 36.4 Å². The first-order valence-electron chi connectivity index (χ1n) is 40.5. The Morgan fingerprint density at radius 3 is 1.24 bits per heavy atom. The topological polar surface area (TPSA) is 291 Å². The molecule has 1 aromatic rings. The molecule has 3 fully saturated rings. The Bertz CT molecular complexity index is 2410. The first-order valence-corrected chi connectivity index (χ1v) is 40.5. The minimum absolute atomic E-state index is 0.0105. The second-order valence-electron chi connectivity index (χ2n) is 28.9. The van der Waals surface area contributed by atoms with Crippen molar-refractivity contribution in [1.82, 2.24) is 16.0 Å². The van der Waals surface area contributed by atoms with E-state index in [1.807, 2.05) is 30.3 Å². The summed E-state index contributed by atoms with van der Waals surface area (Å²) >= 11 is 0. The van der Waals surface area contributed by atoms with Gasteiger partial charge in [0, 0.05) is 38.8 Å². The van der Waals surface area contributed by atoms with Crippen molar-refractivity contribution >= 4 is 24.2 Å². The fourth-order valence-corrected chi connectivity index (χ4v) is 15.0. The van der Waals surface area contributed by atoms with Crippen molar-refractivity contribution in [3.63, 3.8) is 0 Å². The van der Waals surface area contributed by atoms with E-state index in [1.165, 1.54) is 51.4 Å². The maximum absolute atomic E-state index is 12.8. The van der Waals surface area contributed by atoms with Crippen LogP contribution in [-0.4, -0.2) is 300 Å². The van der Waals surface area contributed by atoms with Crippen molar-refractivity contribution in [2.75, 3.05) is 264 Å². The van der Waals surface area contributed by atoms with Crippen molar-refractivity contribution in [2.24, 2.45) is 46.3 Å². The number of hydrogen-bond acceptors (Lipinski definition) is 24. The van der Waals surface area contributed by atoms with Gasteiger partial charge in [-0.05, 0) is 96.8 Å². The average molecular weight is 1540 g/mol. The number of hydrogen-bond donors (Lipinski definition) is 2. The number of carbonyl (C=O) groups is 4. The lowest BCUT2D eigenvalue weighted by Gasteiger charge is -2.58. The van der Waals surface area contributed by atoms with Crippen molar-refractivity contribution in [3.8, 4) is 0 Å². The summed E-state index contributed by atoms with van der Waals surface area (Å²) in [5.41, 5.74) is 3.19. The molecule has 0 bridgehead atoms. The summed E-state index contributed by atoms with van der Waals surface area (Å²) in [7, 11) is 0. The zero-order chi connectivity index (χ0) is 76.9. The number of fused-ring (bicyclic) bond motifs is 5. The van der Waals surface area contributed by atoms with Gasteiger partial charge >= 0.3 is 6.09 Å². The van der Waals surface area contributed by atoms with Crippen LogP contribution in [0.1, 0.15) is 124 Å². The second-order valence-corrected chi connectivity index (χ2v) is 28.9. The van der Waals surface area contributed by atoms with Gasteiger partial charge in [0.05, 0.1) is 251 Å². The predicted molar refractivity (Wildman–Crippen MR) is 406 cm³/mol. The van der Waals surface area contributed by atoms with Gasteiger partial charge in [0.25, 0.3) is 0 Å². The number of amides is 3. The van der Waals surface area contributed by atoms with Crippen molar-refractivity contribution in [3.05, 3.63) is 47.5 Å². The van der Waals surface area contributed by atoms with Crippen LogP contribution >= 0.6 is 0 Å². The summed E-state index contributed by atoms with van der Waals surface area (Å²) in [6.07, 6.45) is 16.9. The molecule has 0 saturated heterocycles. The summed E-state index contributed by atoms with van der Waals surface area (Å²) in [4.78, 5) is 48.3. The maximum Gasteiger partial charge on any atom is 0.407 e. The molecule has 108 heavy (non-hydrogen) atoms. The van der Waals surface area contributed by atoms with E-state index in [4.69, 9.17) is 94.7 Å². The number of carbonyl (C=O) groups excluding carboxylic acids is 4. The molecule has 27 heteroatoms. The van der Waals surface area contributed by atoms with Crippen LogP contribution in [0.3, 0.4) is 0 Å². The second kappa shape index (κ2) is 62.5. The summed E-state index contributed by atoms with van der Waals surface area (Å²) in [5.74, 6) is 4.16. The van der Waals surface area contributed by atoms with Crippen LogP contribution in [0.25, 0.3) is 0 Å². The smallest absolute Gasteiger partial charge is 0.407 e. The quantitative estimate of drug-likeness (QED) is 0.0352. The number of benzene rings is 1. The Hall–Kier alpha value is -3.92. The normalized spacial score (nSPS) is 20.9. The Balaban J connectivity index is 0.625. The molecular weight excluding hydrogens is 1400 g/mol. The molecule has 623 valence electrons. The van der Waals surface area contributed by atoms with Gasteiger partial charge in [-0.2, -0.15) is 0 Å². The van der Waals surface area contributed by atoms with Crippen LogP contribution in [0, 0.1) is 46.3 Å². The fraction of sp³-hybridized carbons (Fsp3) is 0.852. The highest BCUT2D eigenvalue weighted by atomic mass is 16.6. The highest BCUT2D eigenvalue weighted by Crippen LogP contribution is 2.67. The van der Waals surface area contributed by atoms with E-state index in [0.717, 1.165) is 60.3 Å². The summed E-state index contributed by atoms with van der Waals surface area (Å²) in [6, 6.07) is 8.57. The Labute approximate surface area is 646 Å². The number of allylic oxidation sites excluding steroid dienone is 1. The lowest BCUT2D eigenvalue weighted by molar-refractivity contribution is -0.127.